The highest BCUT2D eigenvalue weighted by atomic mass is 79.9. The van der Waals surface area contributed by atoms with Crippen LogP contribution in [-0.2, 0) is 6.54 Å². The van der Waals surface area contributed by atoms with E-state index in [9.17, 15) is 0 Å². The number of aromatic nitrogens is 2. The zero-order valence-electron chi connectivity index (χ0n) is 11.9. The Kier molecular flexibility index (Phi) is 6.50. The zero-order valence-corrected chi connectivity index (χ0v) is 15.8. The van der Waals surface area contributed by atoms with Gasteiger partial charge in [-0.15, -0.1) is 0 Å². The molecule has 1 aromatic heterocycles. The summed E-state index contributed by atoms with van der Waals surface area (Å²) in [5, 5.41) is 12.2. The van der Waals surface area contributed by atoms with Gasteiger partial charge in [-0.1, -0.05) is 23.2 Å². The lowest BCUT2D eigenvalue weighted by Gasteiger charge is -2.11. The van der Waals surface area contributed by atoms with Gasteiger partial charge in [0.2, 0.25) is 0 Å². The third-order valence-electron chi connectivity index (χ3n) is 2.91. The highest BCUT2D eigenvalue weighted by molar-refractivity contribution is 9.10. The number of nitrogens with one attached hydrogen (secondary N) is 2. The van der Waals surface area contributed by atoms with E-state index in [-0.39, 0.29) is 0 Å². The van der Waals surface area contributed by atoms with Crippen molar-refractivity contribution in [3.8, 4) is 0 Å². The maximum absolute atomic E-state index is 5.96. The summed E-state index contributed by atoms with van der Waals surface area (Å²) in [5.74, 6) is 0. The quantitative estimate of drug-likeness (QED) is 0.545. The molecule has 2 aromatic rings. The molecule has 2 N–H and O–H groups in total. The first-order chi connectivity index (χ1) is 10.5. The molecule has 0 aliphatic carbocycles. The van der Waals surface area contributed by atoms with E-state index in [0.717, 1.165) is 35.4 Å². The van der Waals surface area contributed by atoms with Crippen LogP contribution in [0.5, 0.6) is 0 Å². The van der Waals surface area contributed by atoms with E-state index in [4.69, 9.17) is 35.4 Å². The fraction of sp³-hybridized carbons (Fsp3) is 0.286. The lowest BCUT2D eigenvalue weighted by Crippen LogP contribution is -2.29. The minimum Gasteiger partial charge on any atom is -0.362 e. The molecule has 8 heteroatoms. The van der Waals surface area contributed by atoms with Gasteiger partial charge in [-0.05, 0) is 59.7 Å². The van der Waals surface area contributed by atoms with Crippen molar-refractivity contribution in [1.82, 2.24) is 15.1 Å². The van der Waals surface area contributed by atoms with Crippen LogP contribution in [0.25, 0.3) is 0 Å². The van der Waals surface area contributed by atoms with Crippen molar-refractivity contribution < 1.29 is 0 Å². The number of benzene rings is 1. The summed E-state index contributed by atoms with van der Waals surface area (Å²) < 4.78 is 2.94. The number of thiocarbonyl (C=S) groups is 1. The second-order valence-electron chi connectivity index (χ2n) is 4.69. The third-order valence-corrected chi connectivity index (χ3v) is 4.68. The molecule has 4 nitrogen and oxygen atoms in total. The molecule has 1 aromatic carbocycles. The predicted molar refractivity (Wildman–Crippen MR) is 100.0 cm³/mol. The zero-order chi connectivity index (χ0) is 16.1. The van der Waals surface area contributed by atoms with E-state index in [1.807, 2.05) is 23.9 Å². The Bertz CT molecular complexity index is 655. The molecule has 0 spiro atoms. The lowest BCUT2D eigenvalue weighted by atomic mass is 10.3. The number of nitrogens with zero attached hydrogens (tertiary/aromatic N) is 2. The van der Waals surface area contributed by atoms with E-state index in [1.165, 1.54) is 0 Å². The van der Waals surface area contributed by atoms with Gasteiger partial charge >= 0.3 is 0 Å². The third kappa shape index (κ3) is 5.12. The molecule has 22 heavy (non-hydrogen) atoms. The summed E-state index contributed by atoms with van der Waals surface area (Å²) in [6.07, 6.45) is 2.89. The second kappa shape index (κ2) is 8.15. The number of rotatable bonds is 5. The summed E-state index contributed by atoms with van der Waals surface area (Å²) in [6, 6.07) is 5.29. The average Bonchev–Trinajstić information content (AvgIpc) is 2.78. The standard InChI is InChI=1S/C14H15BrCl2N4S/c1-9-11(15)8-21(20-9)6-2-5-18-14(22)19-10-3-4-12(16)13(17)7-10/h3-4,7-8H,2,5-6H2,1H3,(H2,18,19,22). The summed E-state index contributed by atoms with van der Waals surface area (Å²) in [4.78, 5) is 0. The van der Waals surface area contributed by atoms with Crippen LogP contribution < -0.4 is 10.6 Å². The van der Waals surface area contributed by atoms with Crippen molar-refractivity contribution in [3.05, 3.63) is 44.6 Å². The highest BCUT2D eigenvalue weighted by Gasteiger charge is 2.03. The minimum absolute atomic E-state index is 0.495. The molecule has 1 heterocycles. The van der Waals surface area contributed by atoms with Gasteiger partial charge in [0.05, 0.1) is 20.2 Å². The number of aryl methyl sites for hydroxylation is 2. The summed E-state index contributed by atoms with van der Waals surface area (Å²) in [6.45, 7) is 3.55. The van der Waals surface area contributed by atoms with Gasteiger partial charge < -0.3 is 10.6 Å². The molecule has 2 rings (SSSR count). The number of hydrogen-bond donors (Lipinski definition) is 2. The van der Waals surface area contributed by atoms with Gasteiger partial charge in [0.15, 0.2) is 5.11 Å². The first-order valence-electron chi connectivity index (χ1n) is 6.65. The average molecular weight is 422 g/mol. The van der Waals surface area contributed by atoms with Crippen LogP contribution in [-0.4, -0.2) is 21.4 Å². The summed E-state index contributed by atoms with van der Waals surface area (Å²) in [7, 11) is 0. The molecule has 0 atom stereocenters. The fourth-order valence-corrected chi connectivity index (χ4v) is 2.63. The van der Waals surface area contributed by atoms with E-state index < -0.39 is 0 Å². The van der Waals surface area contributed by atoms with Crippen LogP contribution in [0.3, 0.4) is 0 Å². The molecular weight excluding hydrogens is 407 g/mol. The molecule has 0 fully saturated rings. The molecule has 0 saturated carbocycles. The van der Waals surface area contributed by atoms with Crippen molar-refractivity contribution in [1.29, 1.82) is 0 Å². The molecule has 0 unspecified atom stereocenters. The highest BCUT2D eigenvalue weighted by Crippen LogP contribution is 2.24. The van der Waals surface area contributed by atoms with Crippen molar-refractivity contribution in [2.45, 2.75) is 19.9 Å². The van der Waals surface area contributed by atoms with E-state index in [2.05, 4.69) is 31.7 Å². The van der Waals surface area contributed by atoms with Gasteiger partial charge in [0, 0.05) is 25.0 Å². The van der Waals surface area contributed by atoms with E-state index >= 15 is 0 Å². The Morgan fingerprint density at radius 1 is 1.36 bits per heavy atom. The first-order valence-corrected chi connectivity index (χ1v) is 8.61. The van der Waals surface area contributed by atoms with Crippen molar-refractivity contribution in [2.24, 2.45) is 0 Å². The van der Waals surface area contributed by atoms with Gasteiger partial charge in [-0.25, -0.2) is 0 Å². The molecule has 118 valence electrons. The van der Waals surface area contributed by atoms with Crippen LogP contribution in [0.4, 0.5) is 5.69 Å². The molecule has 0 amide bonds. The Morgan fingerprint density at radius 3 is 2.77 bits per heavy atom. The largest absolute Gasteiger partial charge is 0.362 e. The fourth-order valence-electron chi connectivity index (χ4n) is 1.80. The van der Waals surface area contributed by atoms with Gasteiger partial charge in [0.25, 0.3) is 0 Å². The Hall–Kier alpha value is -0.820. The minimum atomic E-state index is 0.495. The Balaban J connectivity index is 1.72. The maximum atomic E-state index is 5.96. The molecule has 0 aliphatic rings. The van der Waals surface area contributed by atoms with Crippen molar-refractivity contribution in [2.75, 3.05) is 11.9 Å². The number of anilines is 1. The second-order valence-corrected chi connectivity index (χ2v) is 6.77. The Labute approximate surface area is 153 Å². The molecular formula is C14H15BrCl2N4S. The van der Waals surface area contributed by atoms with Crippen LogP contribution in [0, 0.1) is 6.92 Å². The molecule has 0 saturated heterocycles. The smallest absolute Gasteiger partial charge is 0.170 e. The SMILES string of the molecule is Cc1nn(CCCNC(=S)Nc2ccc(Cl)c(Cl)c2)cc1Br. The van der Waals surface area contributed by atoms with Crippen LogP contribution in [0.2, 0.25) is 10.0 Å². The number of hydrogen-bond acceptors (Lipinski definition) is 2. The first kappa shape index (κ1) is 17.5. The summed E-state index contributed by atoms with van der Waals surface area (Å²) >= 11 is 20.5. The maximum Gasteiger partial charge on any atom is 0.170 e. The van der Waals surface area contributed by atoms with Gasteiger partial charge in [-0.2, -0.15) is 5.10 Å². The normalized spacial score (nSPS) is 10.5. The van der Waals surface area contributed by atoms with Crippen molar-refractivity contribution >= 4 is 62.1 Å². The molecule has 0 aliphatic heterocycles. The van der Waals surface area contributed by atoms with Crippen LogP contribution in [0.1, 0.15) is 12.1 Å². The van der Waals surface area contributed by atoms with Crippen LogP contribution in [0.15, 0.2) is 28.9 Å². The van der Waals surface area contributed by atoms with Crippen molar-refractivity contribution in [3.63, 3.8) is 0 Å². The number of halogens is 3. The predicted octanol–water partition coefficient (Wildman–Crippen LogP) is 4.64. The molecule has 0 bridgehead atoms. The monoisotopic (exact) mass is 420 g/mol. The topological polar surface area (TPSA) is 41.9 Å². The van der Waals surface area contributed by atoms with Crippen LogP contribution >= 0.6 is 51.3 Å². The lowest BCUT2D eigenvalue weighted by molar-refractivity contribution is 0.570. The van der Waals surface area contributed by atoms with E-state index in [1.54, 1.807) is 12.1 Å². The van der Waals surface area contributed by atoms with Gasteiger partial charge in [0.1, 0.15) is 0 Å². The molecule has 0 radical (unpaired) electrons. The van der Waals surface area contributed by atoms with E-state index in [0.29, 0.717) is 15.2 Å². The Morgan fingerprint density at radius 2 is 2.14 bits per heavy atom. The van der Waals surface area contributed by atoms with Gasteiger partial charge in [-0.3, -0.25) is 4.68 Å². The summed E-state index contributed by atoms with van der Waals surface area (Å²) in [5.41, 5.74) is 1.79.